The van der Waals surface area contributed by atoms with Crippen LogP contribution >= 0.6 is 11.3 Å². The predicted octanol–water partition coefficient (Wildman–Crippen LogP) is 4.02. The molecule has 2 atom stereocenters. The molecule has 0 aliphatic carbocycles. The molecule has 2 aromatic rings. The van der Waals surface area contributed by atoms with Gasteiger partial charge in [-0.3, -0.25) is 4.90 Å². The Kier molecular flexibility index (Phi) is 4.11. The minimum atomic E-state index is 0.376. The molecule has 2 heterocycles. The van der Waals surface area contributed by atoms with E-state index in [9.17, 15) is 0 Å². The number of thiophene rings is 1. The Balaban J connectivity index is 1.97. The van der Waals surface area contributed by atoms with Gasteiger partial charge in [0.15, 0.2) is 0 Å². The molecule has 0 amide bonds. The highest BCUT2D eigenvalue weighted by Gasteiger charge is 2.33. The summed E-state index contributed by atoms with van der Waals surface area (Å²) in [6, 6.07) is 9.76. The van der Waals surface area contributed by atoms with Crippen LogP contribution in [0.15, 0.2) is 29.6 Å². The van der Waals surface area contributed by atoms with E-state index >= 15 is 0 Å². The van der Waals surface area contributed by atoms with Gasteiger partial charge >= 0.3 is 0 Å². The first-order valence-electron chi connectivity index (χ1n) is 7.64. The molecule has 3 rings (SSSR count). The molecule has 1 aliphatic heterocycles. The standard InChI is InChI=1S/C17H24N2S/c1-12(2)15-7-5-9-19(15)16(10-18)14-11-20-17-8-4-3-6-13(14)17/h3-4,6,8,11-12,15-16H,5,7,9-10,18H2,1-2H3. The lowest BCUT2D eigenvalue weighted by atomic mass is 9.98. The van der Waals surface area contributed by atoms with Gasteiger partial charge in [0.05, 0.1) is 0 Å². The van der Waals surface area contributed by atoms with Gasteiger partial charge in [-0.25, -0.2) is 0 Å². The van der Waals surface area contributed by atoms with Gasteiger partial charge in [0.25, 0.3) is 0 Å². The Bertz CT molecular complexity index is 575. The van der Waals surface area contributed by atoms with E-state index < -0.39 is 0 Å². The smallest absolute Gasteiger partial charge is 0.0487 e. The molecule has 0 bridgehead atoms. The predicted molar refractivity (Wildman–Crippen MR) is 88.2 cm³/mol. The molecule has 2 N–H and O–H groups in total. The maximum atomic E-state index is 6.16. The molecule has 0 spiro atoms. The summed E-state index contributed by atoms with van der Waals surface area (Å²) in [5.41, 5.74) is 7.59. The van der Waals surface area contributed by atoms with Crippen molar-refractivity contribution in [2.45, 2.75) is 38.8 Å². The summed E-state index contributed by atoms with van der Waals surface area (Å²) < 4.78 is 1.38. The number of likely N-dealkylation sites (tertiary alicyclic amines) is 1. The van der Waals surface area contributed by atoms with Crippen molar-refractivity contribution in [3.05, 3.63) is 35.2 Å². The largest absolute Gasteiger partial charge is 0.329 e. The number of hydrogen-bond donors (Lipinski definition) is 1. The SMILES string of the molecule is CC(C)C1CCCN1C(CN)c1csc2ccccc12. The van der Waals surface area contributed by atoms with Gasteiger partial charge in [0, 0.05) is 23.3 Å². The van der Waals surface area contributed by atoms with Crippen molar-refractivity contribution < 1.29 is 0 Å². The normalized spacial score (nSPS) is 21.9. The number of benzene rings is 1. The van der Waals surface area contributed by atoms with Crippen molar-refractivity contribution >= 4 is 21.4 Å². The van der Waals surface area contributed by atoms with Gasteiger partial charge in [-0.15, -0.1) is 11.3 Å². The van der Waals surface area contributed by atoms with E-state index in [1.807, 2.05) is 11.3 Å². The third-order valence-electron chi connectivity index (χ3n) is 4.61. The first kappa shape index (κ1) is 14.1. The molecule has 1 aromatic heterocycles. The van der Waals surface area contributed by atoms with Crippen LogP contribution in [0.2, 0.25) is 0 Å². The summed E-state index contributed by atoms with van der Waals surface area (Å²) in [4.78, 5) is 2.65. The van der Waals surface area contributed by atoms with Crippen LogP contribution in [0.4, 0.5) is 0 Å². The van der Waals surface area contributed by atoms with Crippen molar-refractivity contribution in [2.75, 3.05) is 13.1 Å². The molecule has 1 aromatic carbocycles. The highest BCUT2D eigenvalue weighted by atomic mass is 32.1. The Hall–Kier alpha value is -0.900. The number of hydrogen-bond acceptors (Lipinski definition) is 3. The van der Waals surface area contributed by atoms with Gasteiger partial charge in [0.1, 0.15) is 0 Å². The van der Waals surface area contributed by atoms with Crippen LogP contribution in [-0.4, -0.2) is 24.0 Å². The lowest BCUT2D eigenvalue weighted by molar-refractivity contribution is 0.150. The summed E-state index contributed by atoms with van der Waals surface area (Å²) in [6.07, 6.45) is 2.62. The molecule has 2 nitrogen and oxygen atoms in total. The third-order valence-corrected chi connectivity index (χ3v) is 5.59. The highest BCUT2D eigenvalue weighted by molar-refractivity contribution is 7.17. The molecule has 108 valence electrons. The molecular formula is C17H24N2S. The van der Waals surface area contributed by atoms with E-state index in [4.69, 9.17) is 5.73 Å². The molecule has 20 heavy (non-hydrogen) atoms. The fourth-order valence-corrected chi connectivity index (χ4v) is 4.62. The maximum absolute atomic E-state index is 6.16. The van der Waals surface area contributed by atoms with Crippen molar-refractivity contribution in [3.8, 4) is 0 Å². The topological polar surface area (TPSA) is 29.3 Å². The average Bonchev–Trinajstić information content (AvgIpc) is 3.07. The number of rotatable bonds is 4. The van der Waals surface area contributed by atoms with E-state index in [2.05, 4.69) is 48.4 Å². The Morgan fingerprint density at radius 1 is 1.35 bits per heavy atom. The highest BCUT2D eigenvalue weighted by Crippen LogP contribution is 2.37. The van der Waals surface area contributed by atoms with Crippen LogP contribution < -0.4 is 5.73 Å². The molecular weight excluding hydrogens is 264 g/mol. The van der Waals surface area contributed by atoms with Crippen LogP contribution in [0.1, 0.15) is 38.3 Å². The molecule has 1 aliphatic rings. The molecule has 3 heteroatoms. The Labute approximate surface area is 125 Å². The fourth-order valence-electron chi connectivity index (χ4n) is 3.62. The van der Waals surface area contributed by atoms with Crippen molar-refractivity contribution in [2.24, 2.45) is 11.7 Å². The lowest BCUT2D eigenvalue weighted by Gasteiger charge is -2.34. The zero-order chi connectivity index (χ0) is 14.1. The van der Waals surface area contributed by atoms with Crippen molar-refractivity contribution in [1.82, 2.24) is 4.90 Å². The average molecular weight is 288 g/mol. The minimum absolute atomic E-state index is 0.376. The summed E-state index contributed by atoms with van der Waals surface area (Å²) in [7, 11) is 0. The molecule has 1 saturated heterocycles. The summed E-state index contributed by atoms with van der Waals surface area (Å²) in [6.45, 7) is 6.57. The fraction of sp³-hybridized carbons (Fsp3) is 0.529. The van der Waals surface area contributed by atoms with Gasteiger partial charge in [-0.1, -0.05) is 32.0 Å². The van der Waals surface area contributed by atoms with Gasteiger partial charge in [-0.05, 0) is 47.7 Å². The quantitative estimate of drug-likeness (QED) is 0.920. The van der Waals surface area contributed by atoms with E-state index in [1.165, 1.54) is 35.0 Å². The van der Waals surface area contributed by atoms with E-state index in [-0.39, 0.29) is 0 Å². The first-order chi connectivity index (χ1) is 9.72. The zero-order valence-corrected chi connectivity index (χ0v) is 13.2. The van der Waals surface area contributed by atoms with Crippen LogP contribution in [0, 0.1) is 5.92 Å². The van der Waals surface area contributed by atoms with Gasteiger partial charge < -0.3 is 5.73 Å². The second-order valence-electron chi connectivity index (χ2n) is 6.13. The Morgan fingerprint density at radius 2 is 2.15 bits per heavy atom. The number of nitrogens with two attached hydrogens (primary N) is 1. The van der Waals surface area contributed by atoms with Crippen molar-refractivity contribution in [3.63, 3.8) is 0 Å². The molecule has 0 saturated carbocycles. The monoisotopic (exact) mass is 288 g/mol. The summed E-state index contributed by atoms with van der Waals surface area (Å²) in [5, 5.41) is 3.71. The van der Waals surface area contributed by atoms with E-state index in [0.29, 0.717) is 24.5 Å². The Morgan fingerprint density at radius 3 is 2.90 bits per heavy atom. The van der Waals surface area contributed by atoms with Gasteiger partial charge in [-0.2, -0.15) is 0 Å². The number of fused-ring (bicyclic) bond motifs is 1. The van der Waals surface area contributed by atoms with Crippen LogP contribution in [0.5, 0.6) is 0 Å². The maximum Gasteiger partial charge on any atom is 0.0487 e. The van der Waals surface area contributed by atoms with Crippen LogP contribution in [0.3, 0.4) is 0 Å². The second-order valence-corrected chi connectivity index (χ2v) is 7.04. The summed E-state index contributed by atoms with van der Waals surface area (Å²) in [5.74, 6) is 0.705. The first-order valence-corrected chi connectivity index (χ1v) is 8.52. The minimum Gasteiger partial charge on any atom is -0.329 e. The number of nitrogens with zero attached hydrogens (tertiary/aromatic N) is 1. The molecule has 0 radical (unpaired) electrons. The van der Waals surface area contributed by atoms with Crippen LogP contribution in [0.25, 0.3) is 10.1 Å². The third kappa shape index (κ3) is 2.39. The van der Waals surface area contributed by atoms with Crippen LogP contribution in [-0.2, 0) is 0 Å². The van der Waals surface area contributed by atoms with Gasteiger partial charge in [0.2, 0.25) is 0 Å². The second kappa shape index (κ2) is 5.84. The molecule has 2 unspecified atom stereocenters. The van der Waals surface area contributed by atoms with Crippen molar-refractivity contribution in [1.29, 1.82) is 0 Å². The lowest BCUT2D eigenvalue weighted by Crippen LogP contribution is -2.39. The zero-order valence-electron chi connectivity index (χ0n) is 12.4. The summed E-state index contributed by atoms with van der Waals surface area (Å²) >= 11 is 1.84. The van der Waals surface area contributed by atoms with E-state index in [0.717, 1.165) is 0 Å². The molecule has 1 fully saturated rings. The van der Waals surface area contributed by atoms with E-state index in [1.54, 1.807) is 0 Å².